The number of hydrogen-bond acceptors (Lipinski definition) is 3. The van der Waals surface area contributed by atoms with Crippen LogP contribution in [0.5, 0.6) is 0 Å². The molecule has 2 rings (SSSR count). The van der Waals surface area contributed by atoms with Gasteiger partial charge < -0.3 is 5.32 Å². The molecule has 2 heterocycles. The van der Waals surface area contributed by atoms with E-state index in [1.54, 1.807) is 0 Å². The van der Waals surface area contributed by atoms with Crippen LogP contribution in [0.15, 0.2) is 24.7 Å². The highest BCUT2D eigenvalue weighted by molar-refractivity contribution is 5.85. The number of aromatic nitrogens is 4. The van der Waals surface area contributed by atoms with E-state index in [4.69, 9.17) is 0 Å². The molecule has 0 saturated carbocycles. The van der Waals surface area contributed by atoms with E-state index in [0.29, 0.717) is 0 Å². The Bertz CT molecular complexity index is 462. The van der Waals surface area contributed by atoms with Crippen LogP contribution >= 0.6 is 12.4 Å². The number of nitrogens with one attached hydrogen (secondary N) is 1. The van der Waals surface area contributed by atoms with Gasteiger partial charge in [-0.25, -0.2) is 0 Å². The molecule has 0 aromatic carbocycles. The van der Waals surface area contributed by atoms with Gasteiger partial charge in [0, 0.05) is 25.5 Å². The fraction of sp³-hybridized carbons (Fsp3) is 0.500. The number of hydrogen-bond donors (Lipinski definition) is 1. The average Bonchev–Trinajstić information content (AvgIpc) is 2.95. The third-order valence-corrected chi connectivity index (χ3v) is 2.66. The minimum atomic E-state index is 0. The summed E-state index contributed by atoms with van der Waals surface area (Å²) in [6.45, 7) is 6.89. The zero-order valence-corrected chi connectivity index (χ0v) is 11.7. The highest BCUT2D eigenvalue weighted by Gasteiger charge is 2.01. The zero-order chi connectivity index (χ0) is 12.1. The molecule has 0 spiro atoms. The van der Waals surface area contributed by atoms with Crippen molar-refractivity contribution in [2.75, 3.05) is 5.32 Å². The molecule has 0 bridgehead atoms. The highest BCUT2D eigenvalue weighted by Crippen LogP contribution is 2.08. The summed E-state index contributed by atoms with van der Waals surface area (Å²) >= 11 is 0. The number of halogens is 1. The van der Waals surface area contributed by atoms with Crippen LogP contribution in [0.1, 0.15) is 26.0 Å². The van der Waals surface area contributed by atoms with Crippen LogP contribution in [-0.2, 0) is 19.6 Å². The van der Waals surface area contributed by atoms with Gasteiger partial charge in [-0.05, 0) is 19.4 Å². The molecule has 18 heavy (non-hydrogen) atoms. The summed E-state index contributed by atoms with van der Waals surface area (Å²) in [6, 6.07) is 2.03. The van der Waals surface area contributed by atoms with Crippen molar-refractivity contribution in [1.82, 2.24) is 19.6 Å². The lowest BCUT2D eigenvalue weighted by Crippen LogP contribution is -2.07. The van der Waals surface area contributed by atoms with Gasteiger partial charge in [0.2, 0.25) is 0 Å². The van der Waals surface area contributed by atoms with E-state index in [-0.39, 0.29) is 12.4 Å². The van der Waals surface area contributed by atoms with Crippen LogP contribution in [0.3, 0.4) is 0 Å². The molecule has 2 aromatic rings. The molecule has 1 N–H and O–H groups in total. The summed E-state index contributed by atoms with van der Waals surface area (Å²) in [5.74, 6) is 0. The molecule has 0 amide bonds. The molecule has 0 unspecified atom stereocenters. The molecule has 0 fully saturated rings. The van der Waals surface area contributed by atoms with E-state index >= 15 is 0 Å². The second-order valence-corrected chi connectivity index (χ2v) is 3.98. The van der Waals surface area contributed by atoms with Gasteiger partial charge in [0.25, 0.3) is 0 Å². The van der Waals surface area contributed by atoms with Crippen LogP contribution in [0, 0.1) is 0 Å². The van der Waals surface area contributed by atoms with E-state index in [9.17, 15) is 0 Å². The molecule has 0 aliphatic heterocycles. The third kappa shape index (κ3) is 3.50. The van der Waals surface area contributed by atoms with E-state index in [1.807, 2.05) is 34.0 Å². The maximum absolute atomic E-state index is 4.28. The number of anilines is 1. The summed E-state index contributed by atoms with van der Waals surface area (Å²) < 4.78 is 3.95. The Labute approximate surface area is 114 Å². The number of aryl methyl sites for hydroxylation is 2. The Hall–Kier alpha value is -1.49. The molecule has 0 radical (unpaired) electrons. The molecule has 0 aliphatic rings. The Morgan fingerprint density at radius 1 is 1.28 bits per heavy atom. The summed E-state index contributed by atoms with van der Waals surface area (Å²) in [7, 11) is 0. The number of nitrogens with zero attached hydrogens (tertiary/aromatic N) is 4. The van der Waals surface area contributed by atoms with Crippen molar-refractivity contribution in [1.29, 1.82) is 0 Å². The quantitative estimate of drug-likeness (QED) is 0.877. The van der Waals surface area contributed by atoms with E-state index in [1.165, 1.54) is 5.69 Å². The first kappa shape index (κ1) is 14.6. The predicted molar refractivity (Wildman–Crippen MR) is 75.0 cm³/mol. The van der Waals surface area contributed by atoms with Gasteiger partial charge in [0.1, 0.15) is 0 Å². The van der Waals surface area contributed by atoms with Crippen LogP contribution < -0.4 is 5.32 Å². The summed E-state index contributed by atoms with van der Waals surface area (Å²) in [4.78, 5) is 0. The second-order valence-electron chi connectivity index (χ2n) is 3.98. The van der Waals surface area contributed by atoms with Crippen LogP contribution in [0.4, 0.5) is 5.69 Å². The Morgan fingerprint density at radius 2 is 2.11 bits per heavy atom. The first-order chi connectivity index (χ1) is 8.33. The van der Waals surface area contributed by atoms with Gasteiger partial charge in [-0.1, -0.05) is 6.92 Å². The Balaban J connectivity index is 0.00000162. The minimum Gasteiger partial charge on any atom is -0.377 e. The van der Waals surface area contributed by atoms with E-state index in [0.717, 1.165) is 31.7 Å². The van der Waals surface area contributed by atoms with E-state index < -0.39 is 0 Å². The lowest BCUT2D eigenvalue weighted by atomic mass is 10.4. The second kappa shape index (κ2) is 7.06. The standard InChI is InChI=1S/C12H19N5.ClH/c1-3-7-16-10-11(8-15-16)13-9-12-5-6-14-17(12)4-2;/h5-6,8,10,13H,3-4,7,9H2,1-2H3;1H. The van der Waals surface area contributed by atoms with Crippen molar-refractivity contribution in [2.24, 2.45) is 0 Å². The monoisotopic (exact) mass is 269 g/mol. The Kier molecular flexibility index (Phi) is 5.71. The van der Waals surface area contributed by atoms with Crippen molar-refractivity contribution in [2.45, 2.75) is 39.9 Å². The zero-order valence-electron chi connectivity index (χ0n) is 10.8. The highest BCUT2D eigenvalue weighted by atomic mass is 35.5. The molecule has 5 nitrogen and oxygen atoms in total. The van der Waals surface area contributed by atoms with Crippen molar-refractivity contribution in [3.05, 3.63) is 30.4 Å². The Morgan fingerprint density at radius 3 is 2.83 bits per heavy atom. The van der Waals surface area contributed by atoms with Crippen molar-refractivity contribution >= 4 is 18.1 Å². The van der Waals surface area contributed by atoms with Crippen LogP contribution in [0.2, 0.25) is 0 Å². The summed E-state index contributed by atoms with van der Waals surface area (Å²) in [5.41, 5.74) is 2.25. The maximum Gasteiger partial charge on any atom is 0.0729 e. The molecule has 0 atom stereocenters. The lowest BCUT2D eigenvalue weighted by molar-refractivity contribution is 0.603. The topological polar surface area (TPSA) is 47.7 Å². The molecular weight excluding hydrogens is 250 g/mol. The molecular formula is C12H20ClN5. The smallest absolute Gasteiger partial charge is 0.0729 e. The largest absolute Gasteiger partial charge is 0.377 e. The fourth-order valence-corrected chi connectivity index (χ4v) is 1.79. The van der Waals surface area contributed by atoms with Crippen molar-refractivity contribution in [3.8, 4) is 0 Å². The first-order valence-electron chi connectivity index (χ1n) is 6.10. The summed E-state index contributed by atoms with van der Waals surface area (Å²) in [6.07, 6.45) is 6.84. The first-order valence-corrected chi connectivity index (χ1v) is 6.10. The molecule has 6 heteroatoms. The van der Waals surface area contributed by atoms with Gasteiger partial charge in [-0.3, -0.25) is 9.36 Å². The SMILES string of the molecule is CCCn1cc(NCc2ccnn2CC)cn1.Cl. The molecule has 0 saturated heterocycles. The van der Waals surface area contributed by atoms with Gasteiger partial charge in [0.15, 0.2) is 0 Å². The molecule has 0 aliphatic carbocycles. The average molecular weight is 270 g/mol. The lowest BCUT2D eigenvalue weighted by Gasteiger charge is -2.05. The van der Waals surface area contributed by atoms with Gasteiger partial charge in [0.05, 0.1) is 24.1 Å². The normalized spacial score (nSPS) is 10.1. The minimum absolute atomic E-state index is 0. The van der Waals surface area contributed by atoms with Gasteiger partial charge in [-0.2, -0.15) is 10.2 Å². The van der Waals surface area contributed by atoms with Crippen LogP contribution in [-0.4, -0.2) is 19.6 Å². The maximum atomic E-state index is 4.28. The van der Waals surface area contributed by atoms with Crippen LogP contribution in [0.25, 0.3) is 0 Å². The fourth-order valence-electron chi connectivity index (χ4n) is 1.79. The van der Waals surface area contributed by atoms with Gasteiger partial charge >= 0.3 is 0 Å². The van der Waals surface area contributed by atoms with E-state index in [2.05, 4.69) is 29.4 Å². The third-order valence-electron chi connectivity index (χ3n) is 2.66. The summed E-state index contributed by atoms with van der Waals surface area (Å²) in [5, 5.41) is 11.9. The predicted octanol–water partition coefficient (Wildman–Crippen LogP) is 2.54. The van der Waals surface area contributed by atoms with Crippen molar-refractivity contribution < 1.29 is 0 Å². The number of rotatable bonds is 6. The molecule has 2 aromatic heterocycles. The van der Waals surface area contributed by atoms with Crippen molar-refractivity contribution in [3.63, 3.8) is 0 Å². The van der Waals surface area contributed by atoms with Gasteiger partial charge in [-0.15, -0.1) is 12.4 Å². The molecule has 100 valence electrons.